The SMILES string of the molecule is CC(C)(C)OOC[C@H]1O[C@](n2cnc3c(NC(=O)c4ccccc4)ncnc32)([Si](c2ccccc2)c2ccccc2)C[C@@H]1O. The topological polar surface area (TPSA) is 121 Å². The highest BCUT2D eigenvalue weighted by Crippen LogP contribution is 2.40. The van der Waals surface area contributed by atoms with Gasteiger partial charge in [0.2, 0.25) is 0 Å². The van der Waals surface area contributed by atoms with Gasteiger partial charge in [0.1, 0.15) is 24.4 Å². The van der Waals surface area contributed by atoms with Gasteiger partial charge >= 0.3 is 0 Å². The number of rotatable bonds is 9. The van der Waals surface area contributed by atoms with Gasteiger partial charge in [0.05, 0.1) is 18.0 Å². The van der Waals surface area contributed by atoms with E-state index < -0.39 is 32.0 Å². The summed E-state index contributed by atoms with van der Waals surface area (Å²) < 4.78 is 8.85. The van der Waals surface area contributed by atoms with Crippen LogP contribution in [-0.2, 0) is 19.9 Å². The van der Waals surface area contributed by atoms with Crippen molar-refractivity contribution in [3.8, 4) is 0 Å². The Morgan fingerprint density at radius 2 is 1.59 bits per heavy atom. The van der Waals surface area contributed by atoms with Crippen LogP contribution in [0.3, 0.4) is 0 Å². The molecule has 10 nitrogen and oxygen atoms in total. The Hall–Kier alpha value is -4.26. The molecule has 3 heterocycles. The van der Waals surface area contributed by atoms with E-state index in [9.17, 15) is 9.90 Å². The number of nitrogens with zero attached hydrogens (tertiary/aromatic N) is 4. The Morgan fingerprint density at radius 3 is 2.20 bits per heavy atom. The maximum Gasteiger partial charge on any atom is 0.256 e. The van der Waals surface area contributed by atoms with Crippen molar-refractivity contribution in [1.29, 1.82) is 0 Å². The molecule has 0 bridgehead atoms. The first kappa shape index (κ1) is 29.8. The highest BCUT2D eigenvalue weighted by Gasteiger charge is 2.55. The van der Waals surface area contributed by atoms with Gasteiger partial charge in [0, 0.05) is 12.0 Å². The van der Waals surface area contributed by atoms with Gasteiger partial charge in [0.15, 0.2) is 25.8 Å². The minimum atomic E-state index is -1.85. The van der Waals surface area contributed by atoms with Gasteiger partial charge in [-0.15, -0.1) is 0 Å². The molecule has 0 saturated carbocycles. The molecule has 3 atom stereocenters. The van der Waals surface area contributed by atoms with Crippen LogP contribution in [0.2, 0.25) is 0 Å². The van der Waals surface area contributed by atoms with Crippen molar-refractivity contribution in [1.82, 2.24) is 19.5 Å². The van der Waals surface area contributed by atoms with E-state index in [4.69, 9.17) is 19.5 Å². The Morgan fingerprint density at radius 1 is 0.977 bits per heavy atom. The van der Waals surface area contributed by atoms with Crippen LogP contribution in [0.5, 0.6) is 0 Å². The molecule has 1 aliphatic rings. The molecule has 3 aromatic carbocycles. The summed E-state index contributed by atoms with van der Waals surface area (Å²) in [5.74, 6) is -0.0280. The Labute approximate surface area is 257 Å². The van der Waals surface area contributed by atoms with Crippen LogP contribution >= 0.6 is 0 Å². The molecular weight excluding hydrogens is 574 g/mol. The van der Waals surface area contributed by atoms with Crippen molar-refractivity contribution < 1.29 is 24.4 Å². The fourth-order valence-electron chi connectivity index (χ4n) is 5.44. The van der Waals surface area contributed by atoms with E-state index in [1.165, 1.54) is 6.33 Å². The van der Waals surface area contributed by atoms with Crippen molar-refractivity contribution in [2.45, 2.75) is 50.3 Å². The van der Waals surface area contributed by atoms with E-state index in [1.807, 2.05) is 67.8 Å². The number of amides is 1. The van der Waals surface area contributed by atoms with E-state index in [0.717, 1.165) is 10.4 Å². The van der Waals surface area contributed by atoms with E-state index in [2.05, 4.69) is 39.6 Å². The summed E-state index contributed by atoms with van der Waals surface area (Å²) in [4.78, 5) is 37.8. The number of hydrogen-bond donors (Lipinski definition) is 2. The first-order valence-electron chi connectivity index (χ1n) is 14.4. The molecule has 1 fully saturated rings. The van der Waals surface area contributed by atoms with E-state index in [0.29, 0.717) is 16.7 Å². The molecule has 44 heavy (non-hydrogen) atoms. The summed E-state index contributed by atoms with van der Waals surface area (Å²) in [5, 5.41) is 15.5. The molecule has 0 unspecified atom stereocenters. The minimum Gasteiger partial charge on any atom is -0.390 e. The number of benzene rings is 3. The molecule has 2 aromatic heterocycles. The second-order valence-electron chi connectivity index (χ2n) is 11.6. The highest BCUT2D eigenvalue weighted by atomic mass is 28.3. The number of carbonyl (C=O) groups excluding carboxylic acids is 1. The molecular formula is C33H34N5O5Si. The predicted molar refractivity (Wildman–Crippen MR) is 168 cm³/mol. The second kappa shape index (κ2) is 12.4. The third kappa shape index (κ3) is 6.05. The molecule has 5 aromatic rings. The number of nitrogens with one attached hydrogen (secondary N) is 1. The van der Waals surface area contributed by atoms with Gasteiger partial charge in [-0.1, -0.05) is 89.2 Å². The van der Waals surface area contributed by atoms with Gasteiger partial charge in [-0.2, -0.15) is 0 Å². The molecule has 225 valence electrons. The fraction of sp³-hybridized carbons (Fsp3) is 0.273. The molecule has 1 radical (unpaired) electrons. The third-order valence-electron chi connectivity index (χ3n) is 7.31. The zero-order chi connectivity index (χ0) is 30.7. The lowest BCUT2D eigenvalue weighted by atomic mass is 10.2. The number of aliphatic hydroxyl groups is 1. The van der Waals surface area contributed by atoms with Crippen molar-refractivity contribution in [2.75, 3.05) is 11.9 Å². The van der Waals surface area contributed by atoms with E-state index >= 15 is 0 Å². The second-order valence-corrected chi connectivity index (χ2v) is 14.3. The Balaban J connectivity index is 1.47. The van der Waals surface area contributed by atoms with Crippen LogP contribution in [0.15, 0.2) is 104 Å². The van der Waals surface area contributed by atoms with Gasteiger partial charge < -0.3 is 15.2 Å². The summed E-state index contributed by atoms with van der Waals surface area (Å²) in [6, 6.07) is 29.2. The number of ether oxygens (including phenoxy) is 1. The summed E-state index contributed by atoms with van der Waals surface area (Å²) in [5.41, 5.74) is 0.850. The van der Waals surface area contributed by atoms with Crippen molar-refractivity contribution in [2.24, 2.45) is 0 Å². The Bertz CT molecular complexity index is 1680. The summed E-state index contributed by atoms with van der Waals surface area (Å²) in [7, 11) is -1.85. The first-order valence-corrected chi connectivity index (χ1v) is 15.9. The smallest absolute Gasteiger partial charge is 0.256 e. The molecule has 11 heteroatoms. The lowest BCUT2D eigenvalue weighted by Crippen LogP contribution is -2.61. The summed E-state index contributed by atoms with van der Waals surface area (Å²) >= 11 is 0. The Kier molecular flexibility index (Phi) is 8.39. The monoisotopic (exact) mass is 608 g/mol. The summed E-state index contributed by atoms with van der Waals surface area (Å²) in [6.45, 7) is 5.70. The standard InChI is InChI=1S/C33H34N5O5Si/c1-32(2,3)43-41-20-27-26(39)19-33(42-27,44(24-15-9-5-10-16-24)25-17-11-6-12-18-25)38-22-36-28-29(34-21-35-30(28)38)37-31(40)23-13-7-4-8-14-23/h4-18,21-22,26-27,39H,19-20H2,1-3H3,(H,34,35,37,40)/t26-,27+,33-/m0/s1. The first-order chi connectivity index (χ1) is 21.2. The lowest BCUT2D eigenvalue weighted by Gasteiger charge is -2.38. The van der Waals surface area contributed by atoms with Crippen LogP contribution in [0.1, 0.15) is 37.6 Å². The van der Waals surface area contributed by atoms with Crippen LogP contribution in [-0.4, -0.2) is 63.7 Å². The molecule has 1 saturated heterocycles. The molecule has 6 rings (SSSR count). The largest absolute Gasteiger partial charge is 0.390 e. The van der Waals surface area contributed by atoms with Crippen molar-refractivity contribution in [3.63, 3.8) is 0 Å². The van der Waals surface area contributed by atoms with Crippen LogP contribution < -0.4 is 15.7 Å². The lowest BCUT2D eigenvalue weighted by molar-refractivity contribution is -0.359. The number of hydrogen-bond acceptors (Lipinski definition) is 8. The van der Waals surface area contributed by atoms with Crippen molar-refractivity contribution in [3.05, 3.63) is 109 Å². The van der Waals surface area contributed by atoms with Gasteiger partial charge in [-0.25, -0.2) is 24.7 Å². The maximum atomic E-state index is 13.0. The molecule has 1 aliphatic heterocycles. The zero-order valence-corrected chi connectivity index (χ0v) is 25.8. The van der Waals surface area contributed by atoms with Gasteiger partial charge in [-0.05, 0) is 32.9 Å². The van der Waals surface area contributed by atoms with E-state index in [1.54, 1.807) is 30.6 Å². The minimum absolute atomic E-state index is 0.0267. The number of carbonyl (C=O) groups is 1. The average molecular weight is 609 g/mol. The molecule has 2 N–H and O–H groups in total. The quantitative estimate of drug-likeness (QED) is 0.148. The molecule has 0 aliphatic carbocycles. The number of imidazole rings is 1. The molecule has 1 amide bonds. The maximum absolute atomic E-state index is 13.0. The van der Waals surface area contributed by atoms with Gasteiger partial charge in [0.25, 0.3) is 5.91 Å². The van der Waals surface area contributed by atoms with Crippen LogP contribution in [0.25, 0.3) is 11.2 Å². The molecule has 0 spiro atoms. The summed E-state index contributed by atoms with van der Waals surface area (Å²) in [6.07, 6.45) is 1.74. The highest BCUT2D eigenvalue weighted by molar-refractivity contribution is 6.86. The fourth-order valence-corrected chi connectivity index (χ4v) is 8.81. The zero-order valence-electron chi connectivity index (χ0n) is 24.8. The number of anilines is 1. The van der Waals surface area contributed by atoms with Crippen molar-refractivity contribution >= 4 is 42.1 Å². The van der Waals surface area contributed by atoms with Crippen LogP contribution in [0, 0.1) is 0 Å². The third-order valence-corrected chi connectivity index (χ3v) is 10.5. The number of fused-ring (bicyclic) bond motifs is 1. The average Bonchev–Trinajstić information content (AvgIpc) is 3.61. The number of aliphatic hydroxyl groups excluding tert-OH is 1. The van der Waals surface area contributed by atoms with Gasteiger partial charge in [-0.3, -0.25) is 9.36 Å². The number of aromatic nitrogens is 4. The predicted octanol–water partition coefficient (Wildman–Crippen LogP) is 3.48. The normalized spacial score (nSPS) is 20.3. The van der Waals surface area contributed by atoms with E-state index in [-0.39, 0.29) is 24.8 Å². The van der Waals surface area contributed by atoms with Crippen LogP contribution in [0.4, 0.5) is 5.82 Å².